The summed E-state index contributed by atoms with van der Waals surface area (Å²) in [7, 11) is 3.51. The summed E-state index contributed by atoms with van der Waals surface area (Å²) in [6.07, 6.45) is -4.36. The Morgan fingerprint density at radius 1 is 1.25 bits per heavy atom. The van der Waals surface area contributed by atoms with Gasteiger partial charge in [0.1, 0.15) is 0 Å². The topological polar surface area (TPSA) is 23.5 Å². The van der Waals surface area contributed by atoms with E-state index >= 15 is 0 Å². The first-order valence-corrected chi connectivity index (χ1v) is 4.84. The average molecular weight is 233 g/mol. The van der Waals surface area contributed by atoms with E-state index in [4.69, 9.17) is 5.11 Å². The highest BCUT2D eigenvalue weighted by molar-refractivity contribution is 5.50. The van der Waals surface area contributed by atoms with E-state index in [-0.39, 0.29) is 18.6 Å². The Kier molecular flexibility index (Phi) is 3.80. The molecule has 0 aliphatic carbocycles. The zero-order valence-electron chi connectivity index (χ0n) is 9.17. The van der Waals surface area contributed by atoms with Gasteiger partial charge in [0.25, 0.3) is 0 Å². The van der Waals surface area contributed by atoms with Crippen molar-refractivity contribution in [1.29, 1.82) is 0 Å². The maximum atomic E-state index is 12.6. The quantitative estimate of drug-likeness (QED) is 0.866. The summed E-state index contributed by atoms with van der Waals surface area (Å²) < 4.78 is 37.8. The van der Waals surface area contributed by atoms with E-state index in [2.05, 4.69) is 0 Å². The van der Waals surface area contributed by atoms with Gasteiger partial charge < -0.3 is 10.0 Å². The summed E-state index contributed by atoms with van der Waals surface area (Å²) in [6.45, 7) is -0.292. The molecule has 1 aromatic rings. The van der Waals surface area contributed by atoms with Gasteiger partial charge in [0, 0.05) is 26.4 Å². The maximum Gasteiger partial charge on any atom is 0.416 e. The Morgan fingerprint density at radius 3 is 2.31 bits per heavy atom. The lowest BCUT2D eigenvalue weighted by atomic mass is 10.0. The van der Waals surface area contributed by atoms with Crippen LogP contribution >= 0.6 is 0 Å². The number of benzene rings is 1. The van der Waals surface area contributed by atoms with Crippen molar-refractivity contribution in [2.24, 2.45) is 0 Å². The molecule has 0 saturated carbocycles. The molecule has 1 N–H and O–H groups in total. The van der Waals surface area contributed by atoms with Gasteiger partial charge in [0.15, 0.2) is 0 Å². The molecule has 1 rings (SSSR count). The third kappa shape index (κ3) is 2.88. The Labute approximate surface area is 92.3 Å². The van der Waals surface area contributed by atoms with Crippen molar-refractivity contribution < 1.29 is 18.3 Å². The Bertz CT molecular complexity index is 361. The molecule has 1 aromatic carbocycles. The number of halogens is 3. The summed E-state index contributed by atoms with van der Waals surface area (Å²) in [4.78, 5) is 1.72. The molecule has 0 fully saturated rings. The number of aliphatic hydroxyl groups excluding tert-OH is 1. The number of hydrogen-bond acceptors (Lipinski definition) is 2. The number of alkyl halides is 3. The van der Waals surface area contributed by atoms with Crippen molar-refractivity contribution in [3.8, 4) is 0 Å². The predicted octanol–water partition coefficient (Wildman–Crippen LogP) is 2.31. The van der Waals surface area contributed by atoms with Gasteiger partial charge in [-0.15, -0.1) is 0 Å². The summed E-state index contributed by atoms with van der Waals surface area (Å²) in [5.41, 5.74) is 0.143. The Balaban J connectivity index is 3.19. The van der Waals surface area contributed by atoms with Crippen LogP contribution in [-0.2, 0) is 12.6 Å². The van der Waals surface area contributed by atoms with Crippen LogP contribution in [0.2, 0.25) is 0 Å². The number of hydrogen-bond donors (Lipinski definition) is 1. The Hall–Kier alpha value is -1.23. The van der Waals surface area contributed by atoms with E-state index in [1.807, 2.05) is 0 Å². The highest BCUT2D eigenvalue weighted by Crippen LogP contribution is 2.33. The third-order valence-corrected chi connectivity index (χ3v) is 2.29. The minimum Gasteiger partial charge on any atom is -0.396 e. The minimum absolute atomic E-state index is 0.0104. The van der Waals surface area contributed by atoms with Gasteiger partial charge in [-0.05, 0) is 30.2 Å². The average Bonchev–Trinajstić information content (AvgIpc) is 2.16. The van der Waals surface area contributed by atoms with E-state index in [0.29, 0.717) is 5.69 Å². The fourth-order valence-corrected chi connectivity index (χ4v) is 1.46. The molecule has 0 aliphatic rings. The summed E-state index contributed by atoms with van der Waals surface area (Å²) in [5.74, 6) is 0. The highest BCUT2D eigenvalue weighted by atomic mass is 19.4. The lowest BCUT2D eigenvalue weighted by Crippen LogP contribution is -2.13. The van der Waals surface area contributed by atoms with Crippen LogP contribution in [0.1, 0.15) is 11.1 Å². The molecule has 0 aromatic heterocycles. The van der Waals surface area contributed by atoms with Gasteiger partial charge in [-0.3, -0.25) is 0 Å². The summed E-state index contributed by atoms with van der Waals surface area (Å²) in [6, 6.07) is 3.93. The highest BCUT2D eigenvalue weighted by Gasteiger charge is 2.33. The lowest BCUT2D eigenvalue weighted by Gasteiger charge is -2.17. The van der Waals surface area contributed by atoms with Crippen LogP contribution in [-0.4, -0.2) is 25.8 Å². The monoisotopic (exact) mass is 233 g/mol. The molecule has 0 atom stereocenters. The van der Waals surface area contributed by atoms with Crippen molar-refractivity contribution in [2.45, 2.75) is 12.6 Å². The van der Waals surface area contributed by atoms with Crippen LogP contribution in [0.25, 0.3) is 0 Å². The smallest absolute Gasteiger partial charge is 0.396 e. The van der Waals surface area contributed by atoms with Gasteiger partial charge in [0.05, 0.1) is 5.56 Å². The van der Waals surface area contributed by atoms with Gasteiger partial charge in [-0.25, -0.2) is 0 Å². The fraction of sp³-hybridized carbons (Fsp3) is 0.455. The standard InChI is InChI=1S/C11H14F3NO/c1-15(2)9-3-4-10(11(12,13)14)8(7-9)5-6-16/h3-4,7,16H,5-6H2,1-2H3. The van der Waals surface area contributed by atoms with Gasteiger partial charge >= 0.3 is 6.18 Å². The molecule has 5 heteroatoms. The zero-order chi connectivity index (χ0) is 12.3. The van der Waals surface area contributed by atoms with Crippen molar-refractivity contribution in [1.82, 2.24) is 0 Å². The predicted molar refractivity (Wildman–Crippen MR) is 56.6 cm³/mol. The number of rotatable bonds is 3. The SMILES string of the molecule is CN(C)c1ccc(C(F)(F)F)c(CCO)c1. The minimum atomic E-state index is -4.37. The van der Waals surface area contributed by atoms with Crippen LogP contribution in [0.3, 0.4) is 0 Å². The summed E-state index contributed by atoms with van der Waals surface area (Å²) >= 11 is 0. The second kappa shape index (κ2) is 4.74. The molecule has 0 heterocycles. The van der Waals surface area contributed by atoms with E-state index < -0.39 is 11.7 Å². The van der Waals surface area contributed by atoms with Gasteiger partial charge in [-0.1, -0.05) is 0 Å². The molecule has 0 spiro atoms. The van der Waals surface area contributed by atoms with Crippen molar-refractivity contribution >= 4 is 5.69 Å². The van der Waals surface area contributed by atoms with Crippen LogP contribution in [0, 0.1) is 0 Å². The molecule has 0 bridgehead atoms. The first-order chi connectivity index (χ1) is 7.36. The molecular formula is C11H14F3NO. The van der Waals surface area contributed by atoms with E-state index in [9.17, 15) is 13.2 Å². The molecule has 0 saturated heterocycles. The number of aliphatic hydroxyl groups is 1. The van der Waals surface area contributed by atoms with Crippen LogP contribution in [0.15, 0.2) is 18.2 Å². The molecule has 0 radical (unpaired) electrons. The second-order valence-electron chi connectivity index (χ2n) is 3.71. The van der Waals surface area contributed by atoms with Gasteiger partial charge in [0.2, 0.25) is 0 Å². The number of anilines is 1. The first kappa shape index (κ1) is 12.8. The number of nitrogens with zero attached hydrogens (tertiary/aromatic N) is 1. The van der Waals surface area contributed by atoms with Gasteiger partial charge in [-0.2, -0.15) is 13.2 Å². The van der Waals surface area contributed by atoms with Crippen LogP contribution in [0.4, 0.5) is 18.9 Å². The van der Waals surface area contributed by atoms with E-state index in [1.165, 1.54) is 12.1 Å². The van der Waals surface area contributed by atoms with Crippen LogP contribution < -0.4 is 4.90 Å². The molecular weight excluding hydrogens is 219 g/mol. The largest absolute Gasteiger partial charge is 0.416 e. The normalized spacial score (nSPS) is 11.6. The summed E-state index contributed by atoms with van der Waals surface area (Å²) in [5, 5.41) is 8.76. The van der Waals surface area contributed by atoms with Crippen molar-refractivity contribution in [3.05, 3.63) is 29.3 Å². The Morgan fingerprint density at radius 2 is 1.88 bits per heavy atom. The molecule has 0 aliphatic heterocycles. The fourth-order valence-electron chi connectivity index (χ4n) is 1.46. The zero-order valence-corrected chi connectivity index (χ0v) is 9.17. The second-order valence-corrected chi connectivity index (χ2v) is 3.71. The lowest BCUT2D eigenvalue weighted by molar-refractivity contribution is -0.138. The van der Waals surface area contributed by atoms with E-state index in [1.54, 1.807) is 19.0 Å². The molecule has 0 unspecified atom stereocenters. The molecule has 2 nitrogen and oxygen atoms in total. The third-order valence-electron chi connectivity index (χ3n) is 2.29. The van der Waals surface area contributed by atoms with Crippen molar-refractivity contribution in [3.63, 3.8) is 0 Å². The van der Waals surface area contributed by atoms with Crippen molar-refractivity contribution in [2.75, 3.05) is 25.6 Å². The van der Waals surface area contributed by atoms with E-state index in [0.717, 1.165) is 6.07 Å². The molecule has 16 heavy (non-hydrogen) atoms. The van der Waals surface area contributed by atoms with Crippen LogP contribution in [0.5, 0.6) is 0 Å². The molecule has 0 amide bonds. The first-order valence-electron chi connectivity index (χ1n) is 4.84. The maximum absolute atomic E-state index is 12.6. The molecule has 90 valence electrons.